The van der Waals surface area contributed by atoms with Crippen LogP contribution in [0.5, 0.6) is 0 Å². The van der Waals surface area contributed by atoms with Gasteiger partial charge in [0.05, 0.1) is 23.2 Å². The molecule has 162 valence electrons. The zero-order valence-electron chi connectivity index (χ0n) is 16.6. The molecule has 5 nitrogen and oxygen atoms in total. The molecule has 1 heterocycles. The summed E-state index contributed by atoms with van der Waals surface area (Å²) < 4.78 is 38.1. The third kappa shape index (κ3) is 4.39. The Bertz CT molecular complexity index is 1210. The largest absolute Gasteiger partial charge is 0.478 e. The lowest BCUT2D eigenvalue weighted by molar-refractivity contribution is -0.137. The van der Waals surface area contributed by atoms with Crippen LogP contribution in [0.25, 0.3) is 16.8 Å². The van der Waals surface area contributed by atoms with Crippen molar-refractivity contribution in [3.05, 3.63) is 94.8 Å². The van der Waals surface area contributed by atoms with Crippen LogP contribution in [-0.4, -0.2) is 22.0 Å². The molecule has 4 rings (SSSR count). The normalized spacial score (nSPS) is 12.8. The number of hydrogen-bond acceptors (Lipinski definition) is 3. The van der Waals surface area contributed by atoms with Crippen molar-refractivity contribution in [1.82, 2.24) is 10.3 Å². The Balaban J connectivity index is 1.53. The van der Waals surface area contributed by atoms with E-state index in [4.69, 9.17) is 5.11 Å². The number of alkyl halides is 3. The van der Waals surface area contributed by atoms with Gasteiger partial charge in [0.25, 0.3) is 0 Å². The number of carboxylic acid groups (broad SMARTS) is 1. The zero-order valence-corrected chi connectivity index (χ0v) is 16.6. The van der Waals surface area contributed by atoms with E-state index in [1.807, 2.05) is 6.08 Å². The third-order valence-electron chi connectivity index (χ3n) is 5.16. The van der Waals surface area contributed by atoms with Crippen molar-refractivity contribution in [3.63, 3.8) is 0 Å². The molecule has 0 radical (unpaired) electrons. The molecule has 1 aliphatic carbocycles. The first-order valence-electron chi connectivity index (χ1n) is 9.70. The Morgan fingerprint density at radius 1 is 1.00 bits per heavy atom. The predicted octanol–water partition coefficient (Wildman–Crippen LogP) is 4.72. The second-order valence-electron chi connectivity index (χ2n) is 7.30. The molecule has 0 saturated heterocycles. The van der Waals surface area contributed by atoms with Crippen LogP contribution in [0.3, 0.4) is 0 Å². The molecule has 1 aliphatic rings. The average Bonchev–Trinajstić information content (AvgIpc) is 3.16. The fourth-order valence-corrected chi connectivity index (χ4v) is 3.60. The fourth-order valence-electron chi connectivity index (χ4n) is 3.60. The minimum Gasteiger partial charge on any atom is -0.478 e. The van der Waals surface area contributed by atoms with Crippen LogP contribution in [0.4, 0.5) is 13.2 Å². The minimum absolute atomic E-state index is 0.0757. The quantitative estimate of drug-likeness (QED) is 0.604. The van der Waals surface area contributed by atoms with Gasteiger partial charge in [0.1, 0.15) is 0 Å². The summed E-state index contributed by atoms with van der Waals surface area (Å²) in [6.45, 7) is 0. The zero-order chi connectivity index (χ0) is 22.9. The molecule has 8 heteroatoms. The number of halogens is 3. The van der Waals surface area contributed by atoms with Gasteiger partial charge in [-0.3, -0.25) is 9.78 Å². The van der Waals surface area contributed by atoms with E-state index in [0.29, 0.717) is 17.7 Å². The van der Waals surface area contributed by atoms with E-state index >= 15 is 0 Å². The van der Waals surface area contributed by atoms with E-state index < -0.39 is 17.7 Å². The summed E-state index contributed by atoms with van der Waals surface area (Å²) in [7, 11) is 0. The number of benzene rings is 2. The van der Waals surface area contributed by atoms with E-state index in [-0.39, 0.29) is 17.9 Å². The summed E-state index contributed by atoms with van der Waals surface area (Å²) in [5.41, 5.74) is 3.53. The van der Waals surface area contributed by atoms with Crippen LogP contribution in [0.1, 0.15) is 32.7 Å². The topological polar surface area (TPSA) is 79.3 Å². The van der Waals surface area contributed by atoms with Crippen LogP contribution in [-0.2, 0) is 23.8 Å². The molecular weight excluding hydrogens is 421 g/mol. The number of amides is 1. The summed E-state index contributed by atoms with van der Waals surface area (Å²) in [5, 5.41) is 11.9. The van der Waals surface area contributed by atoms with Gasteiger partial charge in [0.15, 0.2) is 0 Å². The first kappa shape index (κ1) is 21.3. The van der Waals surface area contributed by atoms with Crippen LogP contribution in [0, 0.1) is 0 Å². The number of carbonyl (C=O) groups excluding carboxylic acids is 1. The molecule has 0 atom stereocenters. The van der Waals surface area contributed by atoms with Gasteiger partial charge >= 0.3 is 12.1 Å². The highest BCUT2D eigenvalue weighted by Crippen LogP contribution is 2.34. The summed E-state index contributed by atoms with van der Waals surface area (Å²) in [4.78, 5) is 28.0. The maximum atomic E-state index is 12.7. The van der Waals surface area contributed by atoms with Crippen molar-refractivity contribution in [2.45, 2.75) is 19.0 Å². The monoisotopic (exact) mass is 438 g/mol. The number of aromatic carboxylic acids is 1. The number of carboxylic acids is 1. The molecule has 2 N–H and O–H groups in total. The van der Waals surface area contributed by atoms with E-state index in [9.17, 15) is 22.8 Å². The van der Waals surface area contributed by atoms with Gasteiger partial charge in [-0.25, -0.2) is 4.79 Å². The van der Waals surface area contributed by atoms with Crippen molar-refractivity contribution in [3.8, 4) is 11.1 Å². The number of rotatable bonds is 5. The van der Waals surface area contributed by atoms with Crippen molar-refractivity contribution < 1.29 is 27.9 Å². The van der Waals surface area contributed by atoms with Crippen LogP contribution in [0.15, 0.2) is 66.9 Å². The molecular formula is C24H17F3N2O3. The third-order valence-corrected chi connectivity index (χ3v) is 5.16. The van der Waals surface area contributed by atoms with Gasteiger partial charge < -0.3 is 10.4 Å². The molecule has 32 heavy (non-hydrogen) atoms. The lowest BCUT2D eigenvalue weighted by Gasteiger charge is -2.14. The fraction of sp³-hybridized carbons (Fsp3) is 0.125. The number of pyridine rings is 1. The van der Waals surface area contributed by atoms with Crippen molar-refractivity contribution >= 4 is 17.6 Å². The van der Waals surface area contributed by atoms with Crippen LogP contribution >= 0.6 is 0 Å². The highest BCUT2D eigenvalue weighted by Gasteiger charge is 2.30. The molecule has 2 aromatic carbocycles. The molecule has 1 aromatic heterocycles. The standard InChI is InChI=1S/C24H17F3N2O3/c25-24(26,27)17-7-1-14(2-8-17)13-21(30)29-20-10-9-19-22(20)18(11-12-28-19)15-3-5-16(6-4-15)23(31)32/h1-8,10-12H,9,13H2,(H,29,30)(H,31,32). The van der Waals surface area contributed by atoms with E-state index in [1.165, 1.54) is 24.3 Å². The second kappa shape index (κ2) is 8.30. The maximum Gasteiger partial charge on any atom is 0.416 e. The molecule has 0 bridgehead atoms. The maximum absolute atomic E-state index is 12.7. The number of nitrogens with one attached hydrogen (secondary N) is 1. The SMILES string of the molecule is O=C(Cc1ccc(C(F)(F)F)cc1)NC1=CCc2nccc(-c3ccc(C(=O)O)cc3)c21. The number of fused-ring (bicyclic) bond motifs is 1. The molecule has 0 unspecified atom stereocenters. The number of nitrogens with zero attached hydrogens (tertiary/aromatic N) is 1. The highest BCUT2D eigenvalue weighted by molar-refractivity contribution is 5.94. The van der Waals surface area contributed by atoms with E-state index in [1.54, 1.807) is 24.4 Å². The van der Waals surface area contributed by atoms with Gasteiger partial charge in [0.2, 0.25) is 5.91 Å². The molecule has 3 aromatic rings. The Morgan fingerprint density at radius 3 is 2.31 bits per heavy atom. The first-order valence-corrected chi connectivity index (χ1v) is 9.70. The van der Waals surface area contributed by atoms with E-state index in [0.717, 1.165) is 34.5 Å². The smallest absolute Gasteiger partial charge is 0.416 e. The molecule has 0 spiro atoms. The van der Waals surface area contributed by atoms with Crippen LogP contribution < -0.4 is 5.32 Å². The van der Waals surface area contributed by atoms with Gasteiger partial charge in [-0.2, -0.15) is 13.2 Å². The molecule has 1 amide bonds. The Kier molecular flexibility index (Phi) is 5.52. The van der Waals surface area contributed by atoms with Gasteiger partial charge in [0, 0.05) is 23.9 Å². The Hall–Kier alpha value is -3.94. The van der Waals surface area contributed by atoms with E-state index in [2.05, 4.69) is 10.3 Å². The van der Waals surface area contributed by atoms with Crippen molar-refractivity contribution in [2.75, 3.05) is 0 Å². The average molecular weight is 438 g/mol. The predicted molar refractivity (Wildman–Crippen MR) is 112 cm³/mol. The first-order chi connectivity index (χ1) is 15.2. The van der Waals surface area contributed by atoms with Gasteiger partial charge in [-0.05, 0) is 47.0 Å². The van der Waals surface area contributed by atoms with Crippen LogP contribution in [0.2, 0.25) is 0 Å². The molecule has 0 aliphatic heterocycles. The van der Waals surface area contributed by atoms with Crippen molar-refractivity contribution in [1.29, 1.82) is 0 Å². The Morgan fingerprint density at radius 2 is 1.69 bits per heavy atom. The lowest BCUT2D eigenvalue weighted by atomic mass is 9.98. The summed E-state index contributed by atoms with van der Waals surface area (Å²) in [5.74, 6) is -1.38. The highest BCUT2D eigenvalue weighted by atomic mass is 19.4. The van der Waals surface area contributed by atoms with Gasteiger partial charge in [-0.1, -0.05) is 30.3 Å². The summed E-state index contributed by atoms with van der Waals surface area (Å²) in [6, 6.07) is 12.7. The number of hydrogen-bond donors (Lipinski definition) is 2. The Labute approximate surface area is 181 Å². The molecule has 0 fully saturated rings. The minimum atomic E-state index is -4.43. The number of carbonyl (C=O) groups is 2. The lowest BCUT2D eigenvalue weighted by Crippen LogP contribution is -2.23. The summed E-state index contributed by atoms with van der Waals surface area (Å²) in [6.07, 6.45) is -0.497. The van der Waals surface area contributed by atoms with Gasteiger partial charge in [-0.15, -0.1) is 0 Å². The van der Waals surface area contributed by atoms with Crippen molar-refractivity contribution in [2.24, 2.45) is 0 Å². The molecule has 0 saturated carbocycles. The summed E-state index contributed by atoms with van der Waals surface area (Å²) >= 11 is 0. The second-order valence-corrected chi connectivity index (χ2v) is 7.30. The number of allylic oxidation sites excluding steroid dienone is 1. The number of aromatic nitrogens is 1.